The van der Waals surface area contributed by atoms with Gasteiger partial charge in [0.25, 0.3) is 5.91 Å². The van der Waals surface area contributed by atoms with E-state index in [1.165, 1.54) is 31.7 Å². The summed E-state index contributed by atoms with van der Waals surface area (Å²) in [5.74, 6) is -2.73. The molecule has 1 amide bonds. The van der Waals surface area contributed by atoms with Crippen LogP contribution >= 0.6 is 0 Å². The molecule has 1 heterocycles. The largest absolute Gasteiger partial charge is 0.465 e. The third kappa shape index (κ3) is 6.60. The van der Waals surface area contributed by atoms with Crippen molar-refractivity contribution in [3.8, 4) is 0 Å². The second kappa shape index (κ2) is 11.0. The minimum Gasteiger partial charge on any atom is -0.465 e. The molecule has 6 heteroatoms. The predicted molar refractivity (Wildman–Crippen MR) is 99.3 cm³/mol. The number of halogens is 2. The van der Waals surface area contributed by atoms with Crippen LogP contribution in [0.2, 0.25) is 0 Å². The Morgan fingerprint density at radius 3 is 2.37 bits per heavy atom. The van der Waals surface area contributed by atoms with Gasteiger partial charge in [0.1, 0.15) is 0 Å². The second-order valence-corrected chi connectivity index (χ2v) is 7.13. The number of esters is 1. The number of ether oxygens (including phenoxy) is 1. The Balaban J connectivity index is 1.69. The van der Waals surface area contributed by atoms with E-state index in [0.29, 0.717) is 32.5 Å². The van der Waals surface area contributed by atoms with Crippen molar-refractivity contribution in [2.75, 3.05) is 19.7 Å². The van der Waals surface area contributed by atoms with Crippen molar-refractivity contribution in [2.24, 2.45) is 5.92 Å². The molecule has 1 aliphatic heterocycles. The van der Waals surface area contributed by atoms with Crippen LogP contribution in [0.3, 0.4) is 0 Å². The van der Waals surface area contributed by atoms with Crippen LogP contribution in [-0.2, 0) is 9.53 Å². The molecule has 1 saturated heterocycles. The van der Waals surface area contributed by atoms with Gasteiger partial charge < -0.3 is 9.64 Å². The summed E-state index contributed by atoms with van der Waals surface area (Å²) in [5, 5.41) is 0. The standard InChI is InChI=1S/C21H29F2NO3/c1-2-3-4-5-6-7-14-27-21(26)16-10-12-24(13-11-16)20(25)17-8-9-18(22)19(23)15-17/h8-9,15-16H,2-7,10-14H2,1H3. The highest BCUT2D eigenvalue weighted by atomic mass is 19.2. The molecule has 0 aliphatic carbocycles. The van der Waals surface area contributed by atoms with Gasteiger partial charge in [-0.25, -0.2) is 8.78 Å². The Morgan fingerprint density at radius 1 is 1.04 bits per heavy atom. The monoisotopic (exact) mass is 381 g/mol. The fourth-order valence-electron chi connectivity index (χ4n) is 3.30. The summed E-state index contributed by atoms with van der Waals surface area (Å²) in [6.45, 7) is 3.46. The average Bonchev–Trinajstić information content (AvgIpc) is 2.69. The average molecular weight is 381 g/mol. The fourth-order valence-corrected chi connectivity index (χ4v) is 3.30. The van der Waals surface area contributed by atoms with E-state index in [2.05, 4.69) is 6.92 Å². The molecule has 0 spiro atoms. The molecule has 0 unspecified atom stereocenters. The lowest BCUT2D eigenvalue weighted by atomic mass is 9.96. The lowest BCUT2D eigenvalue weighted by Crippen LogP contribution is -2.40. The summed E-state index contributed by atoms with van der Waals surface area (Å²) in [6, 6.07) is 3.15. The summed E-state index contributed by atoms with van der Waals surface area (Å²) in [4.78, 5) is 26.1. The summed E-state index contributed by atoms with van der Waals surface area (Å²) >= 11 is 0. The topological polar surface area (TPSA) is 46.6 Å². The highest BCUT2D eigenvalue weighted by Gasteiger charge is 2.29. The Kier molecular flexibility index (Phi) is 8.69. The maximum atomic E-state index is 13.3. The number of carbonyl (C=O) groups is 2. The van der Waals surface area contributed by atoms with E-state index in [-0.39, 0.29) is 23.4 Å². The van der Waals surface area contributed by atoms with E-state index in [1.807, 2.05) is 0 Å². The summed E-state index contributed by atoms with van der Waals surface area (Å²) in [5.41, 5.74) is 0.123. The first-order chi connectivity index (χ1) is 13.0. The number of unbranched alkanes of at least 4 members (excludes halogenated alkanes) is 5. The van der Waals surface area contributed by atoms with Crippen LogP contribution < -0.4 is 0 Å². The maximum absolute atomic E-state index is 13.3. The van der Waals surface area contributed by atoms with Gasteiger partial charge in [-0.1, -0.05) is 39.0 Å². The lowest BCUT2D eigenvalue weighted by Gasteiger charge is -2.31. The lowest BCUT2D eigenvalue weighted by molar-refractivity contribution is -0.150. The van der Waals surface area contributed by atoms with Crippen molar-refractivity contribution in [3.05, 3.63) is 35.4 Å². The molecule has 2 rings (SSSR count). The van der Waals surface area contributed by atoms with Crippen molar-refractivity contribution in [3.63, 3.8) is 0 Å². The first kappa shape index (κ1) is 21.3. The van der Waals surface area contributed by atoms with Gasteiger partial charge in [-0.15, -0.1) is 0 Å². The molecule has 0 atom stereocenters. The molecule has 1 aromatic carbocycles. The van der Waals surface area contributed by atoms with Gasteiger partial charge in [-0.05, 0) is 37.5 Å². The van der Waals surface area contributed by atoms with Gasteiger partial charge in [0.15, 0.2) is 11.6 Å². The van der Waals surface area contributed by atoms with Crippen LogP contribution in [0.1, 0.15) is 68.6 Å². The molecule has 150 valence electrons. The molecule has 0 bridgehead atoms. The third-order valence-electron chi connectivity index (χ3n) is 5.02. The van der Waals surface area contributed by atoms with Crippen molar-refractivity contribution in [1.29, 1.82) is 0 Å². The van der Waals surface area contributed by atoms with Crippen LogP contribution in [0.15, 0.2) is 18.2 Å². The van der Waals surface area contributed by atoms with Crippen molar-refractivity contribution in [2.45, 2.75) is 58.3 Å². The molecule has 0 radical (unpaired) electrons. The number of likely N-dealkylation sites (tertiary alicyclic amines) is 1. The second-order valence-electron chi connectivity index (χ2n) is 7.13. The SMILES string of the molecule is CCCCCCCCOC(=O)C1CCN(C(=O)c2ccc(F)c(F)c2)CC1. The molecule has 0 N–H and O–H groups in total. The number of piperidine rings is 1. The van der Waals surface area contributed by atoms with E-state index >= 15 is 0 Å². The molecule has 4 nitrogen and oxygen atoms in total. The third-order valence-corrected chi connectivity index (χ3v) is 5.02. The molecule has 1 aromatic rings. The van der Waals surface area contributed by atoms with E-state index in [1.54, 1.807) is 4.90 Å². The molecular formula is C21H29F2NO3. The number of benzene rings is 1. The van der Waals surface area contributed by atoms with Crippen LogP contribution in [0, 0.1) is 17.6 Å². The molecule has 0 saturated carbocycles. The van der Waals surface area contributed by atoms with Crippen LogP contribution in [0.4, 0.5) is 8.78 Å². The van der Waals surface area contributed by atoms with Crippen LogP contribution in [0.25, 0.3) is 0 Å². The zero-order chi connectivity index (χ0) is 19.6. The number of hydrogen-bond donors (Lipinski definition) is 0. The minimum absolute atomic E-state index is 0.123. The number of hydrogen-bond acceptors (Lipinski definition) is 3. The van der Waals surface area contributed by atoms with Gasteiger partial charge in [-0.2, -0.15) is 0 Å². The minimum atomic E-state index is -1.03. The molecule has 1 aliphatic rings. The van der Waals surface area contributed by atoms with Gasteiger partial charge in [0.2, 0.25) is 0 Å². The van der Waals surface area contributed by atoms with Gasteiger partial charge in [0, 0.05) is 18.7 Å². The molecule has 1 fully saturated rings. The van der Waals surface area contributed by atoms with E-state index in [4.69, 9.17) is 4.74 Å². The van der Waals surface area contributed by atoms with Crippen molar-refractivity contribution < 1.29 is 23.1 Å². The van der Waals surface area contributed by atoms with E-state index in [0.717, 1.165) is 25.0 Å². The van der Waals surface area contributed by atoms with E-state index in [9.17, 15) is 18.4 Å². The molecular weight excluding hydrogens is 352 g/mol. The Morgan fingerprint density at radius 2 is 1.70 bits per heavy atom. The Bertz CT molecular complexity index is 628. The zero-order valence-electron chi connectivity index (χ0n) is 16.0. The maximum Gasteiger partial charge on any atom is 0.309 e. The normalized spacial score (nSPS) is 15.0. The van der Waals surface area contributed by atoms with Crippen molar-refractivity contribution >= 4 is 11.9 Å². The van der Waals surface area contributed by atoms with Gasteiger partial charge in [-0.3, -0.25) is 9.59 Å². The highest BCUT2D eigenvalue weighted by Crippen LogP contribution is 2.21. The number of rotatable bonds is 9. The number of carbonyl (C=O) groups excluding carboxylic acids is 2. The van der Waals surface area contributed by atoms with Crippen molar-refractivity contribution in [1.82, 2.24) is 4.90 Å². The van der Waals surface area contributed by atoms with Gasteiger partial charge in [0.05, 0.1) is 12.5 Å². The fraction of sp³-hybridized carbons (Fsp3) is 0.619. The zero-order valence-corrected chi connectivity index (χ0v) is 16.0. The quantitative estimate of drug-likeness (QED) is 0.459. The number of nitrogens with zero attached hydrogens (tertiary/aromatic N) is 1. The number of amides is 1. The molecule has 0 aromatic heterocycles. The van der Waals surface area contributed by atoms with Gasteiger partial charge >= 0.3 is 5.97 Å². The first-order valence-electron chi connectivity index (χ1n) is 9.94. The predicted octanol–water partition coefficient (Wildman–Crippen LogP) is 4.72. The smallest absolute Gasteiger partial charge is 0.309 e. The summed E-state index contributed by atoms with van der Waals surface area (Å²) in [7, 11) is 0. The first-order valence-corrected chi connectivity index (χ1v) is 9.94. The summed E-state index contributed by atoms with van der Waals surface area (Å²) in [6.07, 6.45) is 7.91. The van der Waals surface area contributed by atoms with Crippen LogP contribution in [-0.4, -0.2) is 36.5 Å². The Labute approximate surface area is 159 Å². The molecule has 27 heavy (non-hydrogen) atoms. The van der Waals surface area contributed by atoms with Crippen LogP contribution in [0.5, 0.6) is 0 Å². The van der Waals surface area contributed by atoms with E-state index < -0.39 is 11.6 Å². The summed E-state index contributed by atoms with van der Waals surface area (Å²) < 4.78 is 31.7. The highest BCUT2D eigenvalue weighted by molar-refractivity contribution is 5.94. The Hall–Kier alpha value is -1.98.